The van der Waals surface area contributed by atoms with E-state index in [9.17, 15) is 14.0 Å². The fourth-order valence-corrected chi connectivity index (χ4v) is 2.73. The van der Waals surface area contributed by atoms with E-state index in [0.717, 1.165) is 18.5 Å². The molecule has 1 heterocycles. The summed E-state index contributed by atoms with van der Waals surface area (Å²) < 4.78 is 12.9. The number of benzene rings is 1. The van der Waals surface area contributed by atoms with Crippen molar-refractivity contribution in [3.63, 3.8) is 0 Å². The van der Waals surface area contributed by atoms with Crippen LogP contribution < -0.4 is 5.32 Å². The molecule has 0 spiro atoms. The minimum Gasteiger partial charge on any atom is -0.481 e. The van der Waals surface area contributed by atoms with E-state index < -0.39 is 11.9 Å². The van der Waals surface area contributed by atoms with Gasteiger partial charge in [-0.3, -0.25) is 14.5 Å². The maximum atomic E-state index is 12.9. The molecule has 22 heavy (non-hydrogen) atoms. The molecule has 5 nitrogen and oxygen atoms in total. The fourth-order valence-electron chi connectivity index (χ4n) is 2.73. The van der Waals surface area contributed by atoms with Gasteiger partial charge in [-0.2, -0.15) is 0 Å². The Hall–Kier alpha value is -1.95. The molecule has 6 heteroatoms. The van der Waals surface area contributed by atoms with Crippen molar-refractivity contribution in [3.8, 4) is 0 Å². The van der Waals surface area contributed by atoms with Crippen LogP contribution in [0.5, 0.6) is 0 Å². The highest BCUT2D eigenvalue weighted by molar-refractivity contribution is 5.78. The molecule has 0 unspecified atom stereocenters. The number of carbonyl (C=O) groups excluding carboxylic acids is 1. The van der Waals surface area contributed by atoms with Crippen LogP contribution >= 0.6 is 0 Å². The topological polar surface area (TPSA) is 69.6 Å². The van der Waals surface area contributed by atoms with Crippen LogP contribution in [-0.2, 0) is 9.59 Å². The number of carboxylic acid groups (broad SMARTS) is 1. The zero-order chi connectivity index (χ0) is 16.1. The zero-order valence-electron chi connectivity index (χ0n) is 12.6. The lowest BCUT2D eigenvalue weighted by molar-refractivity contribution is -0.144. The van der Waals surface area contributed by atoms with Crippen molar-refractivity contribution in [3.05, 3.63) is 35.6 Å². The Balaban J connectivity index is 1.84. The van der Waals surface area contributed by atoms with Crippen LogP contribution in [0.25, 0.3) is 0 Å². The van der Waals surface area contributed by atoms with Crippen LogP contribution in [0.2, 0.25) is 0 Å². The first-order valence-electron chi connectivity index (χ1n) is 7.45. The van der Waals surface area contributed by atoms with Crippen molar-refractivity contribution in [2.75, 3.05) is 19.6 Å². The third kappa shape index (κ3) is 4.53. The van der Waals surface area contributed by atoms with E-state index in [1.165, 1.54) is 12.1 Å². The Labute approximate surface area is 129 Å². The van der Waals surface area contributed by atoms with Gasteiger partial charge in [0.1, 0.15) is 5.82 Å². The summed E-state index contributed by atoms with van der Waals surface area (Å²) in [7, 11) is 0. The lowest BCUT2D eigenvalue weighted by Crippen LogP contribution is -2.44. The van der Waals surface area contributed by atoms with E-state index in [-0.39, 0.29) is 24.3 Å². The predicted molar refractivity (Wildman–Crippen MR) is 79.8 cm³/mol. The van der Waals surface area contributed by atoms with Gasteiger partial charge in [0.25, 0.3) is 0 Å². The van der Waals surface area contributed by atoms with E-state index in [1.807, 2.05) is 11.8 Å². The summed E-state index contributed by atoms with van der Waals surface area (Å²) in [6.07, 6.45) is 1.46. The number of rotatable bonds is 5. The number of hydrogen-bond donors (Lipinski definition) is 2. The summed E-state index contributed by atoms with van der Waals surface area (Å²) in [4.78, 5) is 25.0. The van der Waals surface area contributed by atoms with Crippen molar-refractivity contribution in [1.82, 2.24) is 10.2 Å². The number of amides is 1. The molecule has 0 bridgehead atoms. The SMILES string of the molecule is C[C@H](NC(=O)CN1CCC[C@@H](C(=O)O)C1)c1ccc(F)cc1. The first-order chi connectivity index (χ1) is 10.5. The smallest absolute Gasteiger partial charge is 0.307 e. The summed E-state index contributed by atoms with van der Waals surface area (Å²) in [5, 5.41) is 11.9. The second-order valence-corrected chi connectivity index (χ2v) is 5.75. The van der Waals surface area contributed by atoms with Crippen LogP contribution in [0.15, 0.2) is 24.3 Å². The van der Waals surface area contributed by atoms with Crippen molar-refractivity contribution in [2.24, 2.45) is 5.92 Å². The molecule has 2 atom stereocenters. The van der Waals surface area contributed by atoms with Gasteiger partial charge < -0.3 is 10.4 Å². The van der Waals surface area contributed by atoms with Crippen molar-refractivity contribution < 1.29 is 19.1 Å². The molecule has 2 N–H and O–H groups in total. The van der Waals surface area contributed by atoms with Gasteiger partial charge in [0.15, 0.2) is 0 Å². The number of hydrogen-bond acceptors (Lipinski definition) is 3. The Bertz CT molecular complexity index is 533. The molecule has 0 aliphatic carbocycles. The summed E-state index contributed by atoms with van der Waals surface area (Å²) in [6, 6.07) is 5.79. The molecule has 1 aliphatic rings. The van der Waals surface area contributed by atoms with Crippen LogP contribution in [0.4, 0.5) is 4.39 Å². The van der Waals surface area contributed by atoms with Gasteiger partial charge in [-0.25, -0.2) is 4.39 Å². The van der Waals surface area contributed by atoms with E-state index in [2.05, 4.69) is 5.32 Å². The number of nitrogens with zero attached hydrogens (tertiary/aromatic N) is 1. The first kappa shape index (κ1) is 16.4. The average molecular weight is 308 g/mol. The highest BCUT2D eigenvalue weighted by Crippen LogP contribution is 2.17. The molecule has 0 saturated carbocycles. The molecule has 2 rings (SSSR count). The summed E-state index contributed by atoms with van der Waals surface area (Å²) in [5.74, 6) is -1.65. The highest BCUT2D eigenvalue weighted by Gasteiger charge is 2.26. The quantitative estimate of drug-likeness (QED) is 0.870. The summed E-state index contributed by atoms with van der Waals surface area (Å²) in [5.41, 5.74) is 0.830. The number of aliphatic carboxylic acids is 1. The number of carbonyl (C=O) groups is 2. The molecule has 1 aliphatic heterocycles. The monoisotopic (exact) mass is 308 g/mol. The number of nitrogens with one attached hydrogen (secondary N) is 1. The standard InChI is InChI=1S/C16H21FN2O3/c1-11(12-4-6-14(17)7-5-12)18-15(20)10-19-8-2-3-13(9-19)16(21)22/h4-7,11,13H,2-3,8-10H2,1H3,(H,18,20)(H,21,22)/t11-,13+/m0/s1. The molecule has 0 aromatic heterocycles. The molecular formula is C16H21FN2O3. The molecule has 0 radical (unpaired) electrons. The lowest BCUT2D eigenvalue weighted by atomic mass is 9.98. The van der Waals surface area contributed by atoms with Crippen LogP contribution in [0.3, 0.4) is 0 Å². The second-order valence-electron chi connectivity index (χ2n) is 5.75. The number of piperidine rings is 1. The first-order valence-corrected chi connectivity index (χ1v) is 7.45. The summed E-state index contributed by atoms with van der Waals surface area (Å²) >= 11 is 0. The lowest BCUT2D eigenvalue weighted by Gasteiger charge is -2.30. The van der Waals surface area contributed by atoms with Crippen LogP contribution in [0.1, 0.15) is 31.4 Å². The van der Waals surface area contributed by atoms with Crippen molar-refractivity contribution in [2.45, 2.75) is 25.8 Å². The van der Waals surface area contributed by atoms with Crippen molar-refractivity contribution in [1.29, 1.82) is 0 Å². The second kappa shape index (κ2) is 7.35. The van der Waals surface area contributed by atoms with Crippen LogP contribution in [-0.4, -0.2) is 41.5 Å². The Morgan fingerprint density at radius 2 is 2.09 bits per heavy atom. The zero-order valence-corrected chi connectivity index (χ0v) is 12.6. The normalized spacial score (nSPS) is 20.4. The Morgan fingerprint density at radius 3 is 2.73 bits per heavy atom. The molecule has 1 aromatic rings. The number of likely N-dealkylation sites (tertiary alicyclic amines) is 1. The molecule has 1 amide bonds. The van der Waals surface area contributed by atoms with Gasteiger partial charge in [-0.15, -0.1) is 0 Å². The molecular weight excluding hydrogens is 287 g/mol. The van der Waals surface area contributed by atoms with Gasteiger partial charge in [0.05, 0.1) is 18.5 Å². The molecule has 1 aromatic carbocycles. The van der Waals surface area contributed by atoms with Gasteiger partial charge in [0, 0.05) is 6.54 Å². The number of carboxylic acids is 1. The van der Waals surface area contributed by atoms with Gasteiger partial charge in [0.2, 0.25) is 5.91 Å². The maximum absolute atomic E-state index is 12.9. The van der Waals surface area contributed by atoms with E-state index in [0.29, 0.717) is 13.0 Å². The Kier molecular flexibility index (Phi) is 5.49. The molecule has 1 saturated heterocycles. The van der Waals surface area contributed by atoms with Crippen LogP contribution in [0, 0.1) is 11.7 Å². The molecule has 120 valence electrons. The third-order valence-electron chi connectivity index (χ3n) is 3.97. The number of halogens is 1. The van der Waals surface area contributed by atoms with E-state index in [4.69, 9.17) is 5.11 Å². The Morgan fingerprint density at radius 1 is 1.41 bits per heavy atom. The van der Waals surface area contributed by atoms with Gasteiger partial charge in [-0.05, 0) is 44.0 Å². The third-order valence-corrected chi connectivity index (χ3v) is 3.97. The molecule has 1 fully saturated rings. The fraction of sp³-hybridized carbons (Fsp3) is 0.500. The minimum absolute atomic E-state index is 0.150. The highest BCUT2D eigenvalue weighted by atomic mass is 19.1. The minimum atomic E-state index is -0.801. The van der Waals surface area contributed by atoms with Gasteiger partial charge in [-0.1, -0.05) is 12.1 Å². The average Bonchev–Trinajstić information content (AvgIpc) is 2.47. The predicted octanol–water partition coefficient (Wildman–Crippen LogP) is 1.80. The largest absolute Gasteiger partial charge is 0.481 e. The van der Waals surface area contributed by atoms with Crippen molar-refractivity contribution >= 4 is 11.9 Å². The summed E-state index contributed by atoms with van der Waals surface area (Å²) in [6.45, 7) is 3.17. The van der Waals surface area contributed by atoms with Gasteiger partial charge >= 0.3 is 5.97 Å². The maximum Gasteiger partial charge on any atom is 0.307 e. The van der Waals surface area contributed by atoms with E-state index >= 15 is 0 Å². The van der Waals surface area contributed by atoms with E-state index in [1.54, 1.807) is 12.1 Å².